The lowest BCUT2D eigenvalue weighted by molar-refractivity contribution is 0.586. The zero-order chi connectivity index (χ0) is 23.1. The van der Waals surface area contributed by atoms with E-state index in [0.29, 0.717) is 20.8 Å². The molecule has 1 N–H and O–H groups in total. The molecule has 0 radical (unpaired) electrons. The van der Waals surface area contributed by atoms with Crippen LogP contribution in [0.3, 0.4) is 0 Å². The number of benzene rings is 3. The van der Waals surface area contributed by atoms with Gasteiger partial charge in [0, 0.05) is 20.2 Å². The van der Waals surface area contributed by atoms with Crippen molar-refractivity contribution >= 4 is 79.6 Å². The van der Waals surface area contributed by atoms with Crippen molar-refractivity contribution in [2.24, 2.45) is 10.5 Å². The van der Waals surface area contributed by atoms with Gasteiger partial charge in [-0.05, 0) is 36.4 Å². The highest BCUT2D eigenvalue weighted by atomic mass is 35.5. The first-order chi connectivity index (χ1) is 15.2. The fourth-order valence-corrected chi connectivity index (χ4v) is 8.00. The SMILES string of the molecule is CC(C)(C)/C(=N/Nc1c(Cl)cc(Cl)cc1Cl)C(SSc1ccccc1)Sc1ccccc1. The Morgan fingerprint density at radius 1 is 0.844 bits per heavy atom. The number of hydrogen-bond donors (Lipinski definition) is 1. The summed E-state index contributed by atoms with van der Waals surface area (Å²) in [5.41, 5.74) is 4.44. The van der Waals surface area contributed by atoms with Crippen LogP contribution in [-0.2, 0) is 0 Å². The summed E-state index contributed by atoms with van der Waals surface area (Å²) in [6, 6.07) is 24.0. The Bertz CT molecular complexity index is 1030. The Balaban J connectivity index is 1.93. The molecule has 3 aromatic rings. The molecular formula is C24H23Cl3N2S3. The maximum Gasteiger partial charge on any atom is 0.106 e. The van der Waals surface area contributed by atoms with Crippen LogP contribution in [0, 0.1) is 5.41 Å². The third kappa shape index (κ3) is 7.54. The molecule has 3 rings (SSSR count). The van der Waals surface area contributed by atoms with Crippen molar-refractivity contribution in [2.75, 3.05) is 5.43 Å². The summed E-state index contributed by atoms with van der Waals surface area (Å²) in [5.74, 6) is 0. The van der Waals surface area contributed by atoms with Gasteiger partial charge in [-0.2, -0.15) is 5.10 Å². The summed E-state index contributed by atoms with van der Waals surface area (Å²) in [7, 11) is 3.51. The van der Waals surface area contributed by atoms with Gasteiger partial charge in [-0.25, -0.2) is 0 Å². The third-order valence-corrected chi connectivity index (χ3v) is 9.39. The molecule has 1 unspecified atom stereocenters. The van der Waals surface area contributed by atoms with Crippen molar-refractivity contribution < 1.29 is 0 Å². The lowest BCUT2D eigenvalue weighted by Crippen LogP contribution is -2.29. The van der Waals surface area contributed by atoms with Gasteiger partial charge >= 0.3 is 0 Å². The van der Waals surface area contributed by atoms with Crippen LogP contribution >= 0.6 is 68.2 Å². The van der Waals surface area contributed by atoms with E-state index < -0.39 is 0 Å². The second kappa shape index (κ2) is 12.0. The van der Waals surface area contributed by atoms with Gasteiger partial charge in [-0.1, -0.05) is 114 Å². The highest BCUT2D eigenvalue weighted by Gasteiger charge is 2.30. The quantitative estimate of drug-likeness (QED) is 0.101. The van der Waals surface area contributed by atoms with Crippen molar-refractivity contribution in [2.45, 2.75) is 35.1 Å². The summed E-state index contributed by atoms with van der Waals surface area (Å²) >= 11 is 20.6. The number of halogens is 3. The molecule has 0 spiro atoms. The maximum atomic E-state index is 6.37. The van der Waals surface area contributed by atoms with Crippen molar-refractivity contribution in [3.63, 3.8) is 0 Å². The lowest BCUT2D eigenvalue weighted by atomic mass is 9.91. The Morgan fingerprint density at radius 2 is 1.38 bits per heavy atom. The van der Waals surface area contributed by atoms with E-state index >= 15 is 0 Å². The second-order valence-electron chi connectivity index (χ2n) is 7.86. The minimum atomic E-state index is -0.199. The molecular weight excluding hydrogens is 519 g/mol. The predicted octanol–water partition coefficient (Wildman–Crippen LogP) is 10.0. The van der Waals surface area contributed by atoms with Gasteiger partial charge in [0.15, 0.2) is 0 Å². The first-order valence-corrected chi connectivity index (χ1v) is 14.1. The van der Waals surface area contributed by atoms with Gasteiger partial charge in [0.25, 0.3) is 0 Å². The Hall–Kier alpha value is -0.950. The van der Waals surface area contributed by atoms with Crippen LogP contribution in [0.1, 0.15) is 20.8 Å². The van der Waals surface area contributed by atoms with Crippen molar-refractivity contribution in [3.8, 4) is 0 Å². The highest BCUT2D eigenvalue weighted by Crippen LogP contribution is 2.45. The minimum Gasteiger partial charge on any atom is -0.275 e. The molecule has 0 fully saturated rings. The molecule has 1 atom stereocenters. The number of hydrogen-bond acceptors (Lipinski definition) is 5. The molecule has 3 aromatic carbocycles. The van der Waals surface area contributed by atoms with Crippen LogP contribution < -0.4 is 5.43 Å². The third-order valence-electron chi connectivity index (χ3n) is 4.25. The topological polar surface area (TPSA) is 24.4 Å². The van der Waals surface area contributed by atoms with Crippen LogP contribution in [0.15, 0.2) is 87.7 Å². The van der Waals surface area contributed by atoms with Crippen LogP contribution in [0.5, 0.6) is 0 Å². The molecule has 32 heavy (non-hydrogen) atoms. The average molecular weight is 542 g/mol. The van der Waals surface area contributed by atoms with Gasteiger partial charge in [0.05, 0.1) is 21.4 Å². The van der Waals surface area contributed by atoms with Crippen LogP contribution in [0.4, 0.5) is 5.69 Å². The van der Waals surface area contributed by atoms with Gasteiger partial charge in [-0.15, -0.1) is 11.8 Å². The first-order valence-electron chi connectivity index (χ1n) is 9.83. The summed E-state index contributed by atoms with van der Waals surface area (Å²) in [5, 5.41) is 6.17. The van der Waals surface area contributed by atoms with Gasteiger partial charge in [0.1, 0.15) is 4.58 Å². The number of nitrogens with one attached hydrogen (secondary N) is 1. The van der Waals surface area contributed by atoms with Crippen LogP contribution in [-0.4, -0.2) is 10.3 Å². The maximum absolute atomic E-state index is 6.37. The molecule has 168 valence electrons. The normalized spacial score (nSPS) is 13.1. The van der Waals surface area contributed by atoms with Crippen LogP contribution in [0.2, 0.25) is 15.1 Å². The molecule has 0 bridgehead atoms. The average Bonchev–Trinajstić information content (AvgIpc) is 2.74. The molecule has 2 nitrogen and oxygen atoms in total. The van der Waals surface area contributed by atoms with E-state index in [0.717, 1.165) is 5.71 Å². The van der Waals surface area contributed by atoms with Crippen molar-refractivity contribution in [1.29, 1.82) is 0 Å². The van der Waals surface area contributed by atoms with Gasteiger partial charge < -0.3 is 0 Å². The summed E-state index contributed by atoms with van der Waals surface area (Å²) < 4.78 is 0.0416. The van der Waals surface area contributed by atoms with E-state index in [1.807, 2.05) is 36.4 Å². The Morgan fingerprint density at radius 3 is 1.91 bits per heavy atom. The molecule has 0 saturated carbocycles. The highest BCUT2D eigenvalue weighted by molar-refractivity contribution is 8.78. The standard InChI is InChI=1S/C24H23Cl3N2S3/c1-24(2,3)22(29-28-21-19(26)14-16(25)15-20(21)27)23(30-17-10-6-4-7-11-17)32-31-18-12-8-5-9-13-18/h4-15,23,28H,1-3H3/b29-22+. The molecule has 0 heterocycles. The van der Waals surface area contributed by atoms with E-state index in [9.17, 15) is 0 Å². The lowest BCUT2D eigenvalue weighted by Gasteiger charge is -2.28. The monoisotopic (exact) mass is 540 g/mol. The second-order valence-corrected chi connectivity index (χ2v) is 13.0. The number of rotatable bonds is 8. The number of anilines is 1. The largest absolute Gasteiger partial charge is 0.275 e. The first kappa shape index (κ1) is 25.7. The minimum absolute atomic E-state index is 0.0416. The molecule has 0 aliphatic heterocycles. The summed E-state index contributed by atoms with van der Waals surface area (Å²) in [6.07, 6.45) is 0. The predicted molar refractivity (Wildman–Crippen MR) is 148 cm³/mol. The number of nitrogens with zero attached hydrogens (tertiary/aromatic N) is 1. The number of thioether (sulfide) groups is 1. The van der Waals surface area contributed by atoms with E-state index in [-0.39, 0.29) is 10.00 Å². The van der Waals surface area contributed by atoms with E-state index in [1.54, 1.807) is 45.5 Å². The summed E-state index contributed by atoms with van der Waals surface area (Å²) in [6.45, 7) is 6.47. The van der Waals surface area contributed by atoms with Gasteiger partial charge in [0.2, 0.25) is 0 Å². The molecule has 0 aliphatic rings. The zero-order valence-corrected chi connectivity index (χ0v) is 22.5. The molecule has 8 heteroatoms. The molecule has 0 amide bonds. The molecule has 0 aliphatic carbocycles. The Labute approximate surface area is 217 Å². The van der Waals surface area contributed by atoms with Gasteiger partial charge in [-0.3, -0.25) is 5.43 Å². The van der Waals surface area contributed by atoms with E-state index in [2.05, 4.69) is 50.5 Å². The van der Waals surface area contributed by atoms with Crippen molar-refractivity contribution in [1.82, 2.24) is 0 Å². The summed E-state index contributed by atoms with van der Waals surface area (Å²) in [4.78, 5) is 2.37. The molecule has 0 saturated heterocycles. The fraction of sp³-hybridized carbons (Fsp3) is 0.208. The molecule has 0 aromatic heterocycles. The van der Waals surface area contributed by atoms with Crippen LogP contribution in [0.25, 0.3) is 0 Å². The zero-order valence-electron chi connectivity index (χ0n) is 17.8. The fourth-order valence-electron chi connectivity index (χ4n) is 2.66. The smallest absolute Gasteiger partial charge is 0.106 e. The number of hydrazone groups is 1. The van der Waals surface area contributed by atoms with Crippen molar-refractivity contribution in [3.05, 3.63) is 87.9 Å². The Kier molecular flexibility index (Phi) is 9.59. The van der Waals surface area contributed by atoms with E-state index in [1.165, 1.54) is 9.79 Å². The van der Waals surface area contributed by atoms with E-state index in [4.69, 9.17) is 39.9 Å².